The van der Waals surface area contributed by atoms with Gasteiger partial charge in [0.25, 0.3) is 5.56 Å². The van der Waals surface area contributed by atoms with Gasteiger partial charge in [0.2, 0.25) is 0 Å². The van der Waals surface area contributed by atoms with Crippen molar-refractivity contribution in [1.29, 1.82) is 0 Å². The quantitative estimate of drug-likeness (QED) is 0.837. The van der Waals surface area contributed by atoms with Crippen LogP contribution in [-0.2, 0) is 6.42 Å². The third-order valence-corrected chi connectivity index (χ3v) is 2.74. The van der Waals surface area contributed by atoms with E-state index >= 15 is 0 Å². The highest BCUT2D eigenvalue weighted by atomic mass is 19.1. The molecule has 0 spiro atoms. The fourth-order valence-corrected chi connectivity index (χ4v) is 1.84. The Bertz CT molecular complexity index is 568. The van der Waals surface area contributed by atoms with E-state index in [1.807, 2.05) is 6.92 Å². The standard InChI is InChI=1S/C12H14FN3O/c1-8-11(6-7-14)12(17)15-16(8)10-4-2-9(13)3-5-10/h2-5H,6-7,14H2,1H3,(H,15,17). The SMILES string of the molecule is Cc1c(CCN)c(=O)[nH]n1-c1ccc(F)cc1. The van der Waals surface area contributed by atoms with E-state index in [1.165, 1.54) is 12.1 Å². The number of aromatic amines is 1. The molecule has 0 bridgehead atoms. The highest BCUT2D eigenvalue weighted by molar-refractivity contribution is 5.34. The van der Waals surface area contributed by atoms with Gasteiger partial charge in [-0.05, 0) is 44.2 Å². The van der Waals surface area contributed by atoms with Crippen LogP contribution in [0.1, 0.15) is 11.3 Å². The van der Waals surface area contributed by atoms with Gasteiger partial charge >= 0.3 is 0 Å². The zero-order chi connectivity index (χ0) is 12.4. The first kappa shape index (κ1) is 11.6. The van der Waals surface area contributed by atoms with Gasteiger partial charge in [-0.15, -0.1) is 0 Å². The monoisotopic (exact) mass is 235 g/mol. The summed E-state index contributed by atoms with van der Waals surface area (Å²) in [7, 11) is 0. The van der Waals surface area contributed by atoms with Crippen molar-refractivity contribution >= 4 is 0 Å². The van der Waals surface area contributed by atoms with E-state index in [1.54, 1.807) is 16.8 Å². The summed E-state index contributed by atoms with van der Waals surface area (Å²) in [6, 6.07) is 5.94. The highest BCUT2D eigenvalue weighted by Gasteiger charge is 2.11. The number of nitrogens with one attached hydrogen (secondary N) is 1. The molecule has 0 aliphatic carbocycles. The molecule has 0 saturated carbocycles. The van der Waals surface area contributed by atoms with Crippen molar-refractivity contribution in [2.45, 2.75) is 13.3 Å². The summed E-state index contributed by atoms with van der Waals surface area (Å²) in [5.74, 6) is -0.303. The fraction of sp³-hybridized carbons (Fsp3) is 0.250. The van der Waals surface area contributed by atoms with Gasteiger partial charge in [-0.2, -0.15) is 0 Å². The largest absolute Gasteiger partial charge is 0.330 e. The first-order valence-corrected chi connectivity index (χ1v) is 5.40. The summed E-state index contributed by atoms with van der Waals surface area (Å²) >= 11 is 0. The van der Waals surface area contributed by atoms with Crippen LogP contribution in [0.5, 0.6) is 0 Å². The minimum Gasteiger partial charge on any atom is -0.330 e. The number of benzene rings is 1. The van der Waals surface area contributed by atoms with Crippen LogP contribution < -0.4 is 11.3 Å². The smallest absolute Gasteiger partial charge is 0.267 e. The molecule has 2 aromatic rings. The van der Waals surface area contributed by atoms with Crippen molar-refractivity contribution in [3.05, 3.63) is 51.7 Å². The van der Waals surface area contributed by atoms with Crippen molar-refractivity contribution in [2.75, 3.05) is 6.54 Å². The second kappa shape index (κ2) is 4.55. The number of hydrogen-bond donors (Lipinski definition) is 2. The van der Waals surface area contributed by atoms with Crippen LogP contribution in [0.15, 0.2) is 29.1 Å². The van der Waals surface area contributed by atoms with Gasteiger partial charge < -0.3 is 5.73 Å². The van der Waals surface area contributed by atoms with Crippen LogP contribution in [0.4, 0.5) is 4.39 Å². The van der Waals surface area contributed by atoms with Crippen molar-refractivity contribution in [3.63, 3.8) is 0 Å². The molecule has 0 fully saturated rings. The number of aromatic nitrogens is 2. The summed E-state index contributed by atoms with van der Waals surface area (Å²) < 4.78 is 14.5. The molecule has 0 atom stereocenters. The molecule has 3 N–H and O–H groups in total. The van der Waals surface area contributed by atoms with E-state index < -0.39 is 0 Å². The number of hydrogen-bond acceptors (Lipinski definition) is 2. The van der Waals surface area contributed by atoms with Gasteiger partial charge in [0.1, 0.15) is 5.82 Å². The van der Waals surface area contributed by atoms with E-state index in [4.69, 9.17) is 5.73 Å². The first-order valence-electron chi connectivity index (χ1n) is 5.40. The molecule has 1 heterocycles. The number of nitrogens with two attached hydrogens (primary N) is 1. The maximum atomic E-state index is 12.8. The van der Waals surface area contributed by atoms with Crippen LogP contribution in [0, 0.1) is 12.7 Å². The minimum atomic E-state index is -0.303. The van der Waals surface area contributed by atoms with Gasteiger partial charge in [-0.3, -0.25) is 14.6 Å². The Hall–Kier alpha value is -1.88. The molecule has 1 aromatic carbocycles. The Morgan fingerprint density at radius 3 is 2.59 bits per heavy atom. The van der Waals surface area contributed by atoms with Gasteiger partial charge in [-0.25, -0.2) is 4.39 Å². The van der Waals surface area contributed by atoms with Gasteiger partial charge in [-0.1, -0.05) is 0 Å². The molecular weight excluding hydrogens is 221 g/mol. The lowest BCUT2D eigenvalue weighted by molar-refractivity contribution is 0.627. The van der Waals surface area contributed by atoms with Gasteiger partial charge in [0, 0.05) is 11.3 Å². The van der Waals surface area contributed by atoms with Crippen molar-refractivity contribution in [1.82, 2.24) is 9.78 Å². The average Bonchev–Trinajstić information content (AvgIpc) is 2.59. The molecule has 0 saturated heterocycles. The van der Waals surface area contributed by atoms with Crippen LogP contribution >= 0.6 is 0 Å². The second-order valence-corrected chi connectivity index (χ2v) is 3.86. The van der Waals surface area contributed by atoms with Crippen molar-refractivity contribution < 1.29 is 4.39 Å². The molecule has 5 heteroatoms. The Kier molecular flexibility index (Phi) is 3.10. The van der Waals surface area contributed by atoms with Crippen molar-refractivity contribution in [3.8, 4) is 5.69 Å². The van der Waals surface area contributed by atoms with Crippen LogP contribution in [-0.4, -0.2) is 16.3 Å². The lowest BCUT2D eigenvalue weighted by Crippen LogP contribution is -2.12. The van der Waals surface area contributed by atoms with Crippen LogP contribution in [0.2, 0.25) is 0 Å². The second-order valence-electron chi connectivity index (χ2n) is 3.86. The van der Waals surface area contributed by atoms with Crippen LogP contribution in [0.3, 0.4) is 0 Å². The molecule has 0 aliphatic heterocycles. The predicted molar refractivity (Wildman–Crippen MR) is 63.8 cm³/mol. The van der Waals surface area contributed by atoms with E-state index in [0.717, 1.165) is 11.4 Å². The van der Waals surface area contributed by atoms with E-state index in [2.05, 4.69) is 5.10 Å². The summed E-state index contributed by atoms with van der Waals surface area (Å²) in [5.41, 5.74) is 7.53. The molecular formula is C12H14FN3O. The molecule has 2 rings (SSSR count). The third-order valence-electron chi connectivity index (χ3n) is 2.74. The molecule has 1 aromatic heterocycles. The number of halogens is 1. The average molecular weight is 235 g/mol. The highest BCUT2D eigenvalue weighted by Crippen LogP contribution is 2.12. The maximum absolute atomic E-state index is 12.8. The summed E-state index contributed by atoms with van der Waals surface area (Å²) in [4.78, 5) is 11.7. The first-order chi connectivity index (χ1) is 8.13. The minimum absolute atomic E-state index is 0.141. The zero-order valence-corrected chi connectivity index (χ0v) is 9.53. The number of nitrogens with zero attached hydrogens (tertiary/aromatic N) is 1. The van der Waals surface area contributed by atoms with Crippen molar-refractivity contribution in [2.24, 2.45) is 5.73 Å². The van der Waals surface area contributed by atoms with E-state index in [9.17, 15) is 9.18 Å². The summed E-state index contributed by atoms with van der Waals surface area (Å²) in [6.07, 6.45) is 0.537. The number of rotatable bonds is 3. The van der Waals surface area contributed by atoms with Crippen LogP contribution in [0.25, 0.3) is 5.69 Å². The Balaban J connectivity index is 2.50. The van der Waals surface area contributed by atoms with E-state index in [0.29, 0.717) is 18.5 Å². The molecule has 0 unspecified atom stereocenters. The Labute approximate surface area is 97.9 Å². The number of H-pyrrole nitrogens is 1. The zero-order valence-electron chi connectivity index (χ0n) is 9.53. The topological polar surface area (TPSA) is 63.8 Å². The lowest BCUT2D eigenvalue weighted by atomic mass is 10.2. The molecule has 0 amide bonds. The predicted octanol–water partition coefficient (Wildman–Crippen LogP) is 1.11. The maximum Gasteiger partial charge on any atom is 0.267 e. The lowest BCUT2D eigenvalue weighted by Gasteiger charge is -2.05. The molecule has 0 aliphatic rings. The van der Waals surface area contributed by atoms with E-state index in [-0.39, 0.29) is 11.4 Å². The molecule has 17 heavy (non-hydrogen) atoms. The normalized spacial score (nSPS) is 10.8. The van der Waals surface area contributed by atoms with Gasteiger partial charge in [0.15, 0.2) is 0 Å². The molecule has 90 valence electrons. The summed E-state index contributed by atoms with van der Waals surface area (Å²) in [5, 5.41) is 2.72. The van der Waals surface area contributed by atoms with Gasteiger partial charge in [0.05, 0.1) is 5.69 Å². The Morgan fingerprint density at radius 1 is 1.35 bits per heavy atom. The third kappa shape index (κ3) is 2.14. The molecule has 0 radical (unpaired) electrons. The fourth-order valence-electron chi connectivity index (χ4n) is 1.84. The molecule has 4 nitrogen and oxygen atoms in total. The Morgan fingerprint density at radius 2 is 2.00 bits per heavy atom. The summed E-state index contributed by atoms with van der Waals surface area (Å²) in [6.45, 7) is 2.27.